The molecule has 0 aromatic carbocycles. The number of hydrogen-bond donors (Lipinski definition) is 0. The van der Waals surface area contributed by atoms with Gasteiger partial charge in [-0.2, -0.15) is 0 Å². The predicted octanol–water partition coefficient (Wildman–Crippen LogP) is 2.65. The van der Waals surface area contributed by atoms with Crippen molar-refractivity contribution in [3.63, 3.8) is 0 Å². The van der Waals surface area contributed by atoms with Gasteiger partial charge in [0.15, 0.2) is 0 Å². The summed E-state index contributed by atoms with van der Waals surface area (Å²) in [7, 11) is -0.298. The average molecular weight is 259 g/mol. The lowest BCUT2D eigenvalue weighted by Gasteiger charge is -2.32. The van der Waals surface area contributed by atoms with Crippen LogP contribution in [0.5, 0.6) is 0 Å². The number of nitrogens with zero attached hydrogens (tertiary/aromatic N) is 1. The van der Waals surface area contributed by atoms with Crippen molar-refractivity contribution in [1.29, 1.82) is 0 Å². The van der Waals surface area contributed by atoms with Crippen molar-refractivity contribution in [1.82, 2.24) is 4.98 Å². The van der Waals surface area contributed by atoms with Crippen LogP contribution in [0.2, 0.25) is 0 Å². The van der Waals surface area contributed by atoms with Crippen LogP contribution in [0, 0.1) is 0 Å². The second-order valence-corrected chi connectivity index (χ2v) is 6.73. The summed E-state index contributed by atoms with van der Waals surface area (Å²) in [4.78, 5) is 4.58. The molecule has 0 unspecified atom stereocenters. The third-order valence-electron chi connectivity index (χ3n) is 4.86. The Kier molecular flexibility index (Phi) is 2.99. The first-order valence-corrected chi connectivity index (χ1v) is 7.20. The molecule has 2 aliphatic rings. The van der Waals surface area contributed by atoms with Gasteiger partial charge in [-0.15, -0.1) is 0 Å². The van der Waals surface area contributed by atoms with Crippen molar-refractivity contribution in [3.05, 3.63) is 24.0 Å². The van der Waals surface area contributed by atoms with E-state index in [2.05, 4.69) is 44.8 Å². The zero-order valence-electron chi connectivity index (χ0n) is 12.3. The van der Waals surface area contributed by atoms with Gasteiger partial charge in [-0.25, -0.2) is 0 Å². The molecule has 2 fully saturated rings. The van der Waals surface area contributed by atoms with E-state index in [1.807, 2.05) is 6.20 Å². The van der Waals surface area contributed by atoms with Crippen LogP contribution in [0.4, 0.5) is 0 Å². The number of pyridine rings is 1. The van der Waals surface area contributed by atoms with E-state index < -0.39 is 0 Å². The smallest absolute Gasteiger partial charge is 0.399 e. The summed E-state index contributed by atoms with van der Waals surface area (Å²) in [6.45, 7) is 8.29. The third-order valence-corrected chi connectivity index (χ3v) is 4.86. The molecule has 1 saturated heterocycles. The van der Waals surface area contributed by atoms with Gasteiger partial charge in [0.25, 0.3) is 0 Å². The van der Waals surface area contributed by atoms with Crippen LogP contribution in [-0.4, -0.2) is 23.3 Å². The zero-order chi connectivity index (χ0) is 13.7. The van der Waals surface area contributed by atoms with E-state index in [0.717, 1.165) is 5.46 Å². The maximum Gasteiger partial charge on any atom is 0.496 e. The highest BCUT2D eigenvalue weighted by Gasteiger charge is 2.51. The Balaban J connectivity index is 1.76. The van der Waals surface area contributed by atoms with Crippen molar-refractivity contribution in [3.8, 4) is 0 Å². The van der Waals surface area contributed by atoms with Crippen LogP contribution in [-0.2, 0) is 9.31 Å². The quantitative estimate of drug-likeness (QED) is 0.765. The van der Waals surface area contributed by atoms with E-state index >= 15 is 0 Å². The van der Waals surface area contributed by atoms with Gasteiger partial charge < -0.3 is 9.31 Å². The maximum absolute atomic E-state index is 6.03. The fourth-order valence-electron chi connectivity index (χ4n) is 2.48. The monoisotopic (exact) mass is 259 g/mol. The summed E-state index contributed by atoms with van der Waals surface area (Å²) >= 11 is 0. The Bertz CT molecular complexity index is 450. The van der Waals surface area contributed by atoms with Gasteiger partial charge in [0, 0.05) is 23.3 Å². The van der Waals surface area contributed by atoms with Gasteiger partial charge in [0.2, 0.25) is 0 Å². The third kappa shape index (κ3) is 2.21. The van der Waals surface area contributed by atoms with Crippen LogP contribution in [0.3, 0.4) is 0 Å². The molecule has 3 nitrogen and oxygen atoms in total. The van der Waals surface area contributed by atoms with E-state index in [1.165, 1.54) is 25.0 Å². The first-order valence-electron chi connectivity index (χ1n) is 7.20. The molecule has 19 heavy (non-hydrogen) atoms. The zero-order valence-corrected chi connectivity index (χ0v) is 12.3. The molecule has 2 heterocycles. The molecule has 3 rings (SSSR count). The molecule has 1 aliphatic heterocycles. The fraction of sp³-hybridized carbons (Fsp3) is 0.667. The normalized spacial score (nSPS) is 25.4. The molecular formula is C15H22BNO2. The minimum Gasteiger partial charge on any atom is -0.399 e. The van der Waals surface area contributed by atoms with E-state index in [1.54, 1.807) is 0 Å². The molecule has 1 aromatic heterocycles. The van der Waals surface area contributed by atoms with Crippen LogP contribution >= 0.6 is 0 Å². The molecule has 1 aliphatic carbocycles. The summed E-state index contributed by atoms with van der Waals surface area (Å²) in [6, 6.07) is 4.23. The molecule has 0 bridgehead atoms. The molecule has 0 radical (unpaired) electrons. The molecule has 102 valence electrons. The van der Waals surface area contributed by atoms with Crippen LogP contribution in [0.15, 0.2) is 18.3 Å². The second-order valence-electron chi connectivity index (χ2n) is 6.73. The molecule has 0 spiro atoms. The van der Waals surface area contributed by atoms with Gasteiger partial charge in [-0.1, -0.05) is 12.5 Å². The van der Waals surface area contributed by atoms with Crippen LogP contribution < -0.4 is 5.46 Å². The highest BCUT2D eigenvalue weighted by atomic mass is 16.7. The van der Waals surface area contributed by atoms with Gasteiger partial charge in [0.1, 0.15) is 0 Å². The maximum atomic E-state index is 6.03. The summed E-state index contributed by atoms with van der Waals surface area (Å²) in [6.07, 6.45) is 5.81. The molecule has 0 atom stereocenters. The Morgan fingerprint density at radius 2 is 1.74 bits per heavy atom. The first kappa shape index (κ1) is 13.1. The van der Waals surface area contributed by atoms with E-state index in [4.69, 9.17) is 9.31 Å². The number of aromatic nitrogens is 1. The minimum atomic E-state index is -0.298. The lowest BCUT2D eigenvalue weighted by Crippen LogP contribution is -2.41. The van der Waals surface area contributed by atoms with Gasteiger partial charge in [-0.3, -0.25) is 4.98 Å². The summed E-state index contributed by atoms with van der Waals surface area (Å²) in [5.41, 5.74) is 1.66. The molecule has 0 N–H and O–H groups in total. The Labute approximate surface area is 115 Å². The molecule has 4 heteroatoms. The topological polar surface area (TPSA) is 31.4 Å². The number of rotatable bonds is 2. The molecule has 1 saturated carbocycles. The standard InChI is InChI=1S/C15H22BNO2/c1-14(2)15(3,4)19-16(18-14)12-8-9-13(17-10-12)11-6-5-7-11/h8-11H,5-7H2,1-4H3. The fourth-order valence-corrected chi connectivity index (χ4v) is 2.48. The molecule has 1 aromatic rings. The van der Waals surface area contributed by atoms with Crippen LogP contribution in [0.25, 0.3) is 0 Å². The largest absolute Gasteiger partial charge is 0.496 e. The SMILES string of the molecule is CC1(C)OB(c2ccc(C3CCC3)nc2)OC1(C)C. The van der Waals surface area contributed by atoms with Crippen molar-refractivity contribution >= 4 is 12.6 Å². The highest BCUT2D eigenvalue weighted by Crippen LogP contribution is 2.37. The Hall–Kier alpha value is -0.865. The lowest BCUT2D eigenvalue weighted by atomic mass is 9.78. The Morgan fingerprint density at radius 3 is 2.16 bits per heavy atom. The summed E-state index contributed by atoms with van der Waals surface area (Å²) in [5.74, 6) is 0.673. The predicted molar refractivity (Wildman–Crippen MR) is 76.5 cm³/mol. The van der Waals surface area contributed by atoms with Gasteiger partial charge in [0.05, 0.1) is 11.2 Å². The van der Waals surface area contributed by atoms with Crippen LogP contribution in [0.1, 0.15) is 58.6 Å². The Morgan fingerprint density at radius 1 is 1.11 bits per heavy atom. The van der Waals surface area contributed by atoms with E-state index in [-0.39, 0.29) is 18.3 Å². The lowest BCUT2D eigenvalue weighted by molar-refractivity contribution is 0.00578. The van der Waals surface area contributed by atoms with E-state index in [0.29, 0.717) is 5.92 Å². The van der Waals surface area contributed by atoms with E-state index in [9.17, 15) is 0 Å². The highest BCUT2D eigenvalue weighted by molar-refractivity contribution is 6.62. The van der Waals surface area contributed by atoms with Crippen molar-refractivity contribution in [2.45, 2.75) is 64.1 Å². The van der Waals surface area contributed by atoms with Crippen molar-refractivity contribution in [2.75, 3.05) is 0 Å². The second kappa shape index (κ2) is 4.32. The summed E-state index contributed by atoms with van der Waals surface area (Å²) in [5, 5.41) is 0. The minimum absolute atomic E-state index is 0.287. The van der Waals surface area contributed by atoms with Gasteiger partial charge in [-0.05, 0) is 46.6 Å². The first-order chi connectivity index (χ1) is 8.89. The number of hydrogen-bond acceptors (Lipinski definition) is 3. The summed E-state index contributed by atoms with van der Waals surface area (Å²) < 4.78 is 12.1. The van der Waals surface area contributed by atoms with Crippen molar-refractivity contribution < 1.29 is 9.31 Å². The molecular weight excluding hydrogens is 237 g/mol. The van der Waals surface area contributed by atoms with Crippen molar-refractivity contribution in [2.24, 2.45) is 0 Å². The average Bonchev–Trinajstić information content (AvgIpc) is 2.47. The molecule has 0 amide bonds. The van der Waals surface area contributed by atoms with Gasteiger partial charge >= 0.3 is 7.12 Å².